The molecule has 0 unspecified atom stereocenters. The largest absolute Gasteiger partial charge is 0.454 e. The van der Waals surface area contributed by atoms with Gasteiger partial charge in [-0.1, -0.05) is 5.16 Å². The van der Waals surface area contributed by atoms with Crippen molar-refractivity contribution in [1.82, 2.24) is 10.1 Å². The number of esters is 1. The van der Waals surface area contributed by atoms with Crippen molar-refractivity contribution in [3.63, 3.8) is 0 Å². The van der Waals surface area contributed by atoms with Gasteiger partial charge in [-0.3, -0.25) is 0 Å². The van der Waals surface area contributed by atoms with E-state index in [1.54, 1.807) is 24.4 Å². The van der Waals surface area contributed by atoms with Crippen LogP contribution in [0, 0.1) is 6.92 Å². The highest BCUT2D eigenvalue weighted by Crippen LogP contribution is 2.22. The standard InChI is InChI=1S/C15H17N3O3/c1-11-9-12(21-17-11)10-20-15(19)13-5-4-6-16-14(13)18-7-2-3-8-18/h4-6,9H,2-3,7-8,10H2,1H3. The summed E-state index contributed by atoms with van der Waals surface area (Å²) in [6.07, 6.45) is 3.95. The van der Waals surface area contributed by atoms with Gasteiger partial charge in [-0.25, -0.2) is 9.78 Å². The molecule has 3 heterocycles. The monoisotopic (exact) mass is 287 g/mol. The van der Waals surface area contributed by atoms with Crippen molar-refractivity contribution < 1.29 is 14.1 Å². The summed E-state index contributed by atoms with van der Waals surface area (Å²) in [5.41, 5.74) is 1.26. The Morgan fingerprint density at radius 1 is 1.43 bits per heavy atom. The molecule has 0 bridgehead atoms. The van der Waals surface area contributed by atoms with Crippen LogP contribution in [0.4, 0.5) is 5.82 Å². The average Bonchev–Trinajstić information content (AvgIpc) is 3.16. The summed E-state index contributed by atoms with van der Waals surface area (Å²) in [6.45, 7) is 3.76. The Balaban J connectivity index is 1.72. The number of aromatic nitrogens is 2. The topological polar surface area (TPSA) is 68.5 Å². The number of hydrogen-bond donors (Lipinski definition) is 0. The minimum absolute atomic E-state index is 0.0774. The molecule has 2 aromatic heterocycles. The van der Waals surface area contributed by atoms with Gasteiger partial charge in [-0.05, 0) is 31.9 Å². The fourth-order valence-electron chi connectivity index (χ4n) is 2.44. The van der Waals surface area contributed by atoms with E-state index < -0.39 is 0 Å². The first-order valence-electron chi connectivity index (χ1n) is 7.03. The fourth-order valence-corrected chi connectivity index (χ4v) is 2.44. The molecule has 0 aliphatic carbocycles. The Kier molecular flexibility index (Phi) is 3.85. The van der Waals surface area contributed by atoms with E-state index in [1.807, 2.05) is 6.92 Å². The molecule has 0 radical (unpaired) electrons. The van der Waals surface area contributed by atoms with E-state index >= 15 is 0 Å². The quantitative estimate of drug-likeness (QED) is 0.804. The van der Waals surface area contributed by atoms with Crippen molar-refractivity contribution in [2.24, 2.45) is 0 Å². The normalized spacial score (nSPS) is 14.4. The second kappa shape index (κ2) is 5.95. The van der Waals surface area contributed by atoms with Crippen LogP contribution in [0.1, 0.15) is 34.7 Å². The van der Waals surface area contributed by atoms with Crippen molar-refractivity contribution in [2.75, 3.05) is 18.0 Å². The predicted octanol–water partition coefficient (Wildman–Crippen LogP) is 2.34. The zero-order valence-corrected chi connectivity index (χ0v) is 11.9. The van der Waals surface area contributed by atoms with Crippen LogP contribution in [0.2, 0.25) is 0 Å². The van der Waals surface area contributed by atoms with Gasteiger partial charge in [0, 0.05) is 25.4 Å². The van der Waals surface area contributed by atoms with Crippen molar-refractivity contribution in [3.8, 4) is 0 Å². The molecule has 6 nitrogen and oxygen atoms in total. The maximum Gasteiger partial charge on any atom is 0.342 e. The maximum atomic E-state index is 12.3. The van der Waals surface area contributed by atoms with Gasteiger partial charge in [-0.2, -0.15) is 0 Å². The molecule has 1 aliphatic heterocycles. The van der Waals surface area contributed by atoms with E-state index in [1.165, 1.54) is 0 Å². The van der Waals surface area contributed by atoms with Crippen LogP contribution in [0.25, 0.3) is 0 Å². The highest BCUT2D eigenvalue weighted by atomic mass is 16.5. The number of nitrogens with zero attached hydrogens (tertiary/aromatic N) is 3. The van der Waals surface area contributed by atoms with E-state index in [-0.39, 0.29) is 12.6 Å². The first-order chi connectivity index (χ1) is 10.2. The summed E-state index contributed by atoms with van der Waals surface area (Å²) in [6, 6.07) is 5.24. The third-order valence-electron chi connectivity index (χ3n) is 3.43. The van der Waals surface area contributed by atoms with Gasteiger partial charge in [-0.15, -0.1) is 0 Å². The molecular formula is C15H17N3O3. The van der Waals surface area contributed by atoms with Crippen LogP contribution in [-0.4, -0.2) is 29.2 Å². The summed E-state index contributed by atoms with van der Waals surface area (Å²) >= 11 is 0. The molecule has 0 N–H and O–H groups in total. The van der Waals surface area contributed by atoms with Gasteiger partial charge < -0.3 is 14.2 Å². The third kappa shape index (κ3) is 3.04. The highest BCUT2D eigenvalue weighted by Gasteiger charge is 2.21. The first kappa shape index (κ1) is 13.6. The first-order valence-corrected chi connectivity index (χ1v) is 7.03. The molecule has 1 fully saturated rings. The van der Waals surface area contributed by atoms with Crippen molar-refractivity contribution in [2.45, 2.75) is 26.4 Å². The minimum atomic E-state index is -0.390. The number of carbonyl (C=O) groups excluding carboxylic acids is 1. The summed E-state index contributed by atoms with van der Waals surface area (Å²) < 4.78 is 10.3. The molecular weight excluding hydrogens is 270 g/mol. The molecule has 1 aliphatic rings. The third-order valence-corrected chi connectivity index (χ3v) is 3.43. The molecule has 110 valence electrons. The van der Waals surface area contributed by atoms with Crippen LogP contribution >= 0.6 is 0 Å². The lowest BCUT2D eigenvalue weighted by Crippen LogP contribution is -2.22. The van der Waals surface area contributed by atoms with Gasteiger partial charge in [0.1, 0.15) is 11.4 Å². The summed E-state index contributed by atoms with van der Waals surface area (Å²) in [5.74, 6) is 0.847. The maximum absolute atomic E-state index is 12.3. The zero-order chi connectivity index (χ0) is 14.7. The lowest BCUT2D eigenvalue weighted by atomic mass is 10.2. The molecule has 0 amide bonds. The molecule has 6 heteroatoms. The average molecular weight is 287 g/mol. The van der Waals surface area contributed by atoms with Crippen molar-refractivity contribution in [3.05, 3.63) is 41.4 Å². The van der Waals surface area contributed by atoms with E-state index in [9.17, 15) is 4.79 Å². The Bertz CT molecular complexity index is 633. The number of carbonyl (C=O) groups is 1. The van der Waals surface area contributed by atoms with Gasteiger partial charge in [0.15, 0.2) is 12.4 Å². The minimum Gasteiger partial charge on any atom is -0.454 e. The number of aryl methyl sites for hydroxylation is 1. The van der Waals surface area contributed by atoms with E-state index in [0.717, 1.165) is 31.6 Å². The van der Waals surface area contributed by atoms with Crippen LogP contribution in [-0.2, 0) is 11.3 Å². The zero-order valence-electron chi connectivity index (χ0n) is 11.9. The van der Waals surface area contributed by atoms with E-state index in [2.05, 4.69) is 15.0 Å². The molecule has 3 rings (SSSR count). The van der Waals surface area contributed by atoms with Crippen LogP contribution in [0.3, 0.4) is 0 Å². The van der Waals surface area contributed by atoms with E-state index in [0.29, 0.717) is 17.1 Å². The molecule has 0 saturated carbocycles. The number of pyridine rings is 1. The molecule has 0 atom stereocenters. The predicted molar refractivity (Wildman–Crippen MR) is 76.0 cm³/mol. The number of hydrogen-bond acceptors (Lipinski definition) is 6. The Morgan fingerprint density at radius 2 is 2.24 bits per heavy atom. The van der Waals surface area contributed by atoms with Crippen molar-refractivity contribution >= 4 is 11.8 Å². The second-order valence-electron chi connectivity index (χ2n) is 5.08. The van der Waals surface area contributed by atoms with Gasteiger partial charge >= 0.3 is 5.97 Å². The molecule has 2 aromatic rings. The Morgan fingerprint density at radius 3 is 2.95 bits per heavy atom. The molecule has 0 spiro atoms. The fraction of sp³-hybridized carbons (Fsp3) is 0.400. The summed E-state index contributed by atoms with van der Waals surface area (Å²) in [7, 11) is 0. The highest BCUT2D eigenvalue weighted by molar-refractivity contribution is 5.94. The second-order valence-corrected chi connectivity index (χ2v) is 5.08. The molecule has 21 heavy (non-hydrogen) atoms. The van der Waals surface area contributed by atoms with Crippen molar-refractivity contribution in [1.29, 1.82) is 0 Å². The Hall–Kier alpha value is -2.37. The van der Waals surface area contributed by atoms with Gasteiger partial charge in [0.05, 0.1) is 5.69 Å². The Labute approximate surface area is 122 Å². The summed E-state index contributed by atoms with van der Waals surface area (Å²) in [5, 5.41) is 3.76. The SMILES string of the molecule is Cc1cc(COC(=O)c2cccnc2N2CCCC2)on1. The molecule has 1 saturated heterocycles. The van der Waals surface area contributed by atoms with Crippen LogP contribution in [0.5, 0.6) is 0 Å². The van der Waals surface area contributed by atoms with Crippen LogP contribution in [0.15, 0.2) is 28.9 Å². The van der Waals surface area contributed by atoms with Gasteiger partial charge in [0.25, 0.3) is 0 Å². The van der Waals surface area contributed by atoms with E-state index in [4.69, 9.17) is 9.26 Å². The smallest absolute Gasteiger partial charge is 0.342 e. The number of ether oxygens (including phenoxy) is 1. The van der Waals surface area contributed by atoms with Gasteiger partial charge in [0.2, 0.25) is 0 Å². The number of rotatable bonds is 4. The summed E-state index contributed by atoms with van der Waals surface area (Å²) in [4.78, 5) is 18.7. The lowest BCUT2D eigenvalue weighted by Gasteiger charge is -2.18. The molecule has 0 aromatic carbocycles. The number of anilines is 1. The van der Waals surface area contributed by atoms with Crippen LogP contribution < -0.4 is 4.90 Å². The lowest BCUT2D eigenvalue weighted by molar-refractivity contribution is 0.0437.